The molecule has 1 amide bonds. The zero-order valence-electron chi connectivity index (χ0n) is 14.7. The van der Waals surface area contributed by atoms with E-state index in [4.69, 9.17) is 4.42 Å². The molecule has 0 aliphatic carbocycles. The number of aromatic nitrogens is 2. The molecule has 0 spiro atoms. The van der Waals surface area contributed by atoms with Crippen molar-refractivity contribution in [2.45, 2.75) is 13.3 Å². The third-order valence-corrected chi connectivity index (χ3v) is 5.00. The van der Waals surface area contributed by atoms with Crippen LogP contribution in [0.3, 0.4) is 0 Å². The predicted octanol–water partition coefficient (Wildman–Crippen LogP) is 5.28. The van der Waals surface area contributed by atoms with Crippen molar-refractivity contribution in [1.29, 1.82) is 0 Å². The second kappa shape index (κ2) is 7.55. The second-order valence-electron chi connectivity index (χ2n) is 5.99. The van der Waals surface area contributed by atoms with Gasteiger partial charge in [0.2, 0.25) is 0 Å². The molecule has 5 nitrogen and oxygen atoms in total. The fourth-order valence-corrected chi connectivity index (χ4v) is 3.40. The average Bonchev–Trinajstić information content (AvgIpc) is 3.40. The van der Waals surface area contributed by atoms with Crippen LogP contribution in [0.2, 0.25) is 0 Å². The molecule has 0 bridgehead atoms. The van der Waals surface area contributed by atoms with Crippen LogP contribution < -0.4 is 5.32 Å². The summed E-state index contributed by atoms with van der Waals surface area (Å²) in [6.45, 7) is 2.13. The lowest BCUT2D eigenvalue weighted by Crippen LogP contribution is -2.11. The van der Waals surface area contributed by atoms with Gasteiger partial charge < -0.3 is 4.42 Å². The maximum absolute atomic E-state index is 12.5. The van der Waals surface area contributed by atoms with Crippen LogP contribution in [0.15, 0.2) is 70.9 Å². The summed E-state index contributed by atoms with van der Waals surface area (Å²) >= 11 is 1.41. The largest absolute Gasteiger partial charge is 0.444 e. The van der Waals surface area contributed by atoms with E-state index in [1.807, 2.05) is 17.5 Å². The molecule has 134 valence electrons. The molecule has 0 radical (unpaired) electrons. The van der Waals surface area contributed by atoms with Crippen molar-refractivity contribution < 1.29 is 9.21 Å². The summed E-state index contributed by atoms with van der Waals surface area (Å²) in [5.74, 6) is 0.474. The van der Waals surface area contributed by atoms with Crippen molar-refractivity contribution in [3.05, 3.63) is 77.6 Å². The van der Waals surface area contributed by atoms with Gasteiger partial charge in [0.05, 0.1) is 11.9 Å². The van der Waals surface area contributed by atoms with Crippen LogP contribution in [0, 0.1) is 0 Å². The van der Waals surface area contributed by atoms with E-state index in [1.54, 1.807) is 18.3 Å². The highest BCUT2D eigenvalue weighted by Gasteiger charge is 2.11. The van der Waals surface area contributed by atoms with Gasteiger partial charge in [-0.25, -0.2) is 9.97 Å². The van der Waals surface area contributed by atoms with Crippen molar-refractivity contribution in [2.24, 2.45) is 0 Å². The quantitative estimate of drug-likeness (QED) is 0.515. The monoisotopic (exact) mass is 375 g/mol. The van der Waals surface area contributed by atoms with Crippen molar-refractivity contribution in [3.8, 4) is 22.6 Å². The molecule has 0 saturated carbocycles. The minimum absolute atomic E-state index is 0.193. The molecule has 2 heterocycles. The first-order chi connectivity index (χ1) is 13.2. The van der Waals surface area contributed by atoms with Crippen molar-refractivity contribution in [3.63, 3.8) is 0 Å². The minimum atomic E-state index is -0.193. The lowest BCUT2D eigenvalue weighted by atomic mass is 10.1. The summed E-state index contributed by atoms with van der Waals surface area (Å²) in [5.41, 5.74) is 4.62. The Morgan fingerprint density at radius 1 is 1.07 bits per heavy atom. The number of amides is 1. The van der Waals surface area contributed by atoms with E-state index >= 15 is 0 Å². The summed E-state index contributed by atoms with van der Waals surface area (Å²) < 4.78 is 5.25. The number of oxazole rings is 1. The molecule has 27 heavy (non-hydrogen) atoms. The molecule has 2 aromatic carbocycles. The summed E-state index contributed by atoms with van der Waals surface area (Å²) in [4.78, 5) is 20.9. The Hall–Kier alpha value is -3.25. The van der Waals surface area contributed by atoms with E-state index in [0.717, 1.165) is 23.2 Å². The Morgan fingerprint density at radius 3 is 2.48 bits per heavy atom. The van der Waals surface area contributed by atoms with Gasteiger partial charge in [-0.05, 0) is 24.1 Å². The SMILES string of the molecule is CCc1ccc(-c2csc(NC(=O)c3ccc(-c4cnco4)cc3)n2)cc1. The number of anilines is 1. The number of hydrogen-bond donors (Lipinski definition) is 1. The Kier molecular flexibility index (Phi) is 4.80. The normalized spacial score (nSPS) is 10.7. The molecule has 0 aliphatic heterocycles. The lowest BCUT2D eigenvalue weighted by Gasteiger charge is -2.03. The number of nitrogens with zero attached hydrogens (tertiary/aromatic N) is 2. The molecule has 4 rings (SSSR count). The van der Waals surface area contributed by atoms with E-state index in [-0.39, 0.29) is 5.91 Å². The summed E-state index contributed by atoms with van der Waals surface area (Å²) in [5, 5.41) is 5.38. The number of hydrogen-bond acceptors (Lipinski definition) is 5. The summed E-state index contributed by atoms with van der Waals surface area (Å²) in [7, 11) is 0. The number of nitrogens with one attached hydrogen (secondary N) is 1. The number of carbonyl (C=O) groups excluding carboxylic acids is 1. The smallest absolute Gasteiger partial charge is 0.257 e. The highest BCUT2D eigenvalue weighted by atomic mass is 32.1. The highest BCUT2D eigenvalue weighted by Crippen LogP contribution is 2.26. The fourth-order valence-electron chi connectivity index (χ4n) is 2.69. The predicted molar refractivity (Wildman–Crippen MR) is 107 cm³/mol. The number of carbonyl (C=O) groups is 1. The minimum Gasteiger partial charge on any atom is -0.444 e. The highest BCUT2D eigenvalue weighted by molar-refractivity contribution is 7.14. The molecule has 0 aliphatic rings. The van der Waals surface area contributed by atoms with Gasteiger partial charge in [0.25, 0.3) is 5.91 Å². The van der Waals surface area contributed by atoms with Crippen molar-refractivity contribution >= 4 is 22.4 Å². The maximum atomic E-state index is 12.5. The van der Waals surface area contributed by atoms with Gasteiger partial charge >= 0.3 is 0 Å². The lowest BCUT2D eigenvalue weighted by molar-refractivity contribution is 0.102. The van der Waals surface area contributed by atoms with Crippen LogP contribution in [0.25, 0.3) is 22.6 Å². The van der Waals surface area contributed by atoms with E-state index in [9.17, 15) is 4.79 Å². The Bertz CT molecular complexity index is 1040. The van der Waals surface area contributed by atoms with Crippen LogP contribution in [-0.4, -0.2) is 15.9 Å². The number of thiazole rings is 1. The molecule has 4 aromatic rings. The van der Waals surface area contributed by atoms with Crippen molar-refractivity contribution in [2.75, 3.05) is 5.32 Å². The Balaban J connectivity index is 1.46. The first-order valence-electron chi connectivity index (χ1n) is 8.58. The van der Waals surface area contributed by atoms with Gasteiger partial charge in [-0.15, -0.1) is 11.3 Å². The summed E-state index contributed by atoms with van der Waals surface area (Å²) in [6.07, 6.45) is 4.03. The molecule has 6 heteroatoms. The first-order valence-corrected chi connectivity index (χ1v) is 9.46. The molecule has 0 saturated heterocycles. The van der Waals surface area contributed by atoms with Gasteiger partial charge in [-0.1, -0.05) is 43.3 Å². The molecule has 0 unspecified atom stereocenters. The van der Waals surface area contributed by atoms with E-state index in [2.05, 4.69) is 46.5 Å². The average molecular weight is 375 g/mol. The Morgan fingerprint density at radius 2 is 1.81 bits per heavy atom. The van der Waals surface area contributed by atoms with Gasteiger partial charge in [0, 0.05) is 22.1 Å². The molecular weight excluding hydrogens is 358 g/mol. The number of rotatable bonds is 5. The van der Waals surface area contributed by atoms with Crippen LogP contribution in [0.4, 0.5) is 5.13 Å². The number of benzene rings is 2. The van der Waals surface area contributed by atoms with Crippen LogP contribution in [0.5, 0.6) is 0 Å². The van der Waals surface area contributed by atoms with Crippen molar-refractivity contribution in [1.82, 2.24) is 9.97 Å². The molecule has 0 fully saturated rings. The molecule has 0 atom stereocenters. The van der Waals surface area contributed by atoms with Crippen LogP contribution in [-0.2, 0) is 6.42 Å². The van der Waals surface area contributed by atoms with E-state index in [0.29, 0.717) is 16.5 Å². The van der Waals surface area contributed by atoms with Gasteiger partial charge in [0.15, 0.2) is 17.3 Å². The van der Waals surface area contributed by atoms with Gasteiger partial charge in [-0.2, -0.15) is 0 Å². The van der Waals surface area contributed by atoms with Gasteiger partial charge in [0.1, 0.15) is 0 Å². The fraction of sp³-hybridized carbons (Fsp3) is 0.0952. The topological polar surface area (TPSA) is 68.0 Å². The molecule has 1 N–H and O–H groups in total. The zero-order chi connectivity index (χ0) is 18.6. The third-order valence-electron chi connectivity index (χ3n) is 4.25. The van der Waals surface area contributed by atoms with E-state index in [1.165, 1.54) is 23.3 Å². The zero-order valence-corrected chi connectivity index (χ0v) is 15.5. The number of aryl methyl sites for hydroxylation is 1. The Labute approximate surface area is 160 Å². The molecular formula is C21H17N3O2S. The standard InChI is InChI=1S/C21H17N3O2S/c1-2-14-3-5-15(6-4-14)18-12-27-21(23-18)24-20(25)17-9-7-16(8-10-17)19-11-22-13-26-19/h3-13H,2H2,1H3,(H,23,24,25). The maximum Gasteiger partial charge on any atom is 0.257 e. The first kappa shape index (κ1) is 17.2. The van der Waals surface area contributed by atoms with E-state index < -0.39 is 0 Å². The van der Waals surface area contributed by atoms with Gasteiger partial charge in [-0.3, -0.25) is 10.1 Å². The van der Waals surface area contributed by atoms with Crippen LogP contribution >= 0.6 is 11.3 Å². The third kappa shape index (κ3) is 3.80. The second-order valence-corrected chi connectivity index (χ2v) is 6.84. The molecule has 2 aromatic heterocycles. The van der Waals surface area contributed by atoms with Crippen LogP contribution in [0.1, 0.15) is 22.8 Å². The summed E-state index contributed by atoms with van der Waals surface area (Å²) in [6, 6.07) is 15.5.